The first kappa shape index (κ1) is 19.8. The number of nitrogens with two attached hydrogens (primary N) is 1. The highest BCUT2D eigenvalue weighted by Gasteiger charge is 2.16. The van der Waals surface area contributed by atoms with E-state index in [0.717, 1.165) is 64.4 Å². The van der Waals surface area contributed by atoms with Gasteiger partial charge in [0.15, 0.2) is 5.82 Å². The van der Waals surface area contributed by atoms with Crippen molar-refractivity contribution >= 4 is 38.2 Å². The fraction of sp³-hybridized carbons (Fsp3) is 0.208. The van der Waals surface area contributed by atoms with Crippen LogP contribution < -0.4 is 5.73 Å². The van der Waals surface area contributed by atoms with Crippen LogP contribution in [0.4, 0.5) is 5.82 Å². The molecule has 2 aromatic carbocycles. The van der Waals surface area contributed by atoms with Crippen LogP contribution in [-0.2, 0) is 13.0 Å². The lowest BCUT2D eigenvalue weighted by atomic mass is 10.0. The van der Waals surface area contributed by atoms with E-state index in [1.165, 1.54) is 11.9 Å². The molecule has 156 valence electrons. The van der Waals surface area contributed by atoms with E-state index in [4.69, 9.17) is 10.8 Å². The summed E-state index contributed by atoms with van der Waals surface area (Å²) in [6.07, 6.45) is 6.76. The molecule has 3 aromatic heterocycles. The number of hydrogen-bond acceptors (Lipinski definition) is 4. The van der Waals surface area contributed by atoms with Crippen LogP contribution in [0.5, 0.6) is 0 Å². The number of aromatic nitrogens is 5. The number of aryl methyl sites for hydroxylation is 1. The third kappa shape index (κ3) is 3.93. The van der Waals surface area contributed by atoms with Crippen LogP contribution in [0.3, 0.4) is 0 Å². The highest BCUT2D eigenvalue weighted by molar-refractivity contribution is 9.09. The summed E-state index contributed by atoms with van der Waals surface area (Å²) in [5, 5.41) is 11.4. The zero-order valence-corrected chi connectivity index (χ0v) is 18.7. The number of halogens is 1. The lowest BCUT2D eigenvalue weighted by Crippen LogP contribution is -2.02. The molecule has 5 aromatic rings. The van der Waals surface area contributed by atoms with Crippen LogP contribution in [0.15, 0.2) is 67.1 Å². The van der Waals surface area contributed by atoms with Gasteiger partial charge in [-0.2, -0.15) is 10.2 Å². The van der Waals surface area contributed by atoms with Gasteiger partial charge < -0.3 is 5.73 Å². The van der Waals surface area contributed by atoms with Gasteiger partial charge in [0.25, 0.3) is 0 Å². The van der Waals surface area contributed by atoms with Gasteiger partial charge in [0.2, 0.25) is 0 Å². The summed E-state index contributed by atoms with van der Waals surface area (Å²) < 4.78 is 3.93. The zero-order valence-electron chi connectivity index (χ0n) is 17.1. The van der Waals surface area contributed by atoms with Gasteiger partial charge in [-0.1, -0.05) is 58.4 Å². The molecule has 0 aliphatic heterocycles. The molecule has 0 aliphatic rings. The van der Waals surface area contributed by atoms with Crippen molar-refractivity contribution in [2.45, 2.75) is 25.8 Å². The minimum absolute atomic E-state index is 0.492. The van der Waals surface area contributed by atoms with Crippen molar-refractivity contribution in [3.63, 3.8) is 0 Å². The number of nitrogen functional groups attached to an aromatic ring is 1. The maximum absolute atomic E-state index is 6.27. The van der Waals surface area contributed by atoms with Gasteiger partial charge >= 0.3 is 0 Å². The van der Waals surface area contributed by atoms with E-state index in [-0.39, 0.29) is 0 Å². The first-order valence-electron chi connectivity index (χ1n) is 10.4. The molecule has 3 heterocycles. The second-order valence-electron chi connectivity index (χ2n) is 7.69. The van der Waals surface area contributed by atoms with Gasteiger partial charge in [0.1, 0.15) is 11.8 Å². The van der Waals surface area contributed by atoms with Crippen LogP contribution in [0.2, 0.25) is 0 Å². The second kappa shape index (κ2) is 8.51. The van der Waals surface area contributed by atoms with Gasteiger partial charge in [0.05, 0.1) is 12.1 Å². The van der Waals surface area contributed by atoms with E-state index in [1.807, 2.05) is 15.3 Å². The highest BCUT2D eigenvalue weighted by Crippen LogP contribution is 2.32. The predicted molar refractivity (Wildman–Crippen MR) is 128 cm³/mol. The van der Waals surface area contributed by atoms with Crippen molar-refractivity contribution in [1.82, 2.24) is 24.4 Å². The number of rotatable bonds is 7. The van der Waals surface area contributed by atoms with Crippen molar-refractivity contribution < 1.29 is 0 Å². The highest BCUT2D eigenvalue weighted by atomic mass is 79.9. The Balaban J connectivity index is 1.54. The molecule has 0 spiro atoms. The Morgan fingerprint density at radius 3 is 2.71 bits per heavy atom. The topological polar surface area (TPSA) is 74.0 Å². The maximum atomic E-state index is 6.27. The summed E-state index contributed by atoms with van der Waals surface area (Å²) in [5.41, 5.74) is 12.6. The lowest BCUT2D eigenvalue weighted by Gasteiger charge is -2.03. The summed E-state index contributed by atoms with van der Waals surface area (Å²) in [5.74, 6) is 0.492. The lowest BCUT2D eigenvalue weighted by molar-refractivity contribution is 0.696. The van der Waals surface area contributed by atoms with Gasteiger partial charge in [0, 0.05) is 28.2 Å². The fourth-order valence-electron chi connectivity index (χ4n) is 4.02. The largest absolute Gasteiger partial charge is 0.382 e. The smallest absolute Gasteiger partial charge is 0.151 e. The molecule has 0 saturated heterocycles. The first-order chi connectivity index (χ1) is 15.2. The van der Waals surface area contributed by atoms with Gasteiger partial charge in [-0.15, -0.1) is 0 Å². The summed E-state index contributed by atoms with van der Waals surface area (Å²) in [6, 6.07) is 18.9. The maximum Gasteiger partial charge on any atom is 0.151 e. The van der Waals surface area contributed by atoms with Crippen molar-refractivity contribution in [2.75, 3.05) is 11.1 Å². The van der Waals surface area contributed by atoms with E-state index >= 15 is 0 Å². The first-order valence-corrected chi connectivity index (χ1v) is 11.5. The summed E-state index contributed by atoms with van der Waals surface area (Å²) >= 11 is 3.51. The molecule has 6 nitrogen and oxygen atoms in total. The number of unbranched alkanes of at least 4 members (excludes halogenated alkanes) is 1. The quantitative estimate of drug-likeness (QED) is 0.263. The molecular formula is C24H23BrN6. The molecule has 0 aliphatic carbocycles. The number of hydrogen-bond donors (Lipinski definition) is 1. The third-order valence-electron chi connectivity index (χ3n) is 5.53. The number of benzene rings is 2. The SMILES string of the molecule is Nc1ncnn2c(CCCCBr)cc(-c3ccc4cn(Cc5ccccc5)nc4c3)c12. The minimum Gasteiger partial charge on any atom is -0.382 e. The van der Waals surface area contributed by atoms with Gasteiger partial charge in [-0.3, -0.25) is 4.68 Å². The van der Waals surface area contributed by atoms with Crippen molar-refractivity contribution in [3.8, 4) is 11.1 Å². The molecule has 7 heteroatoms. The standard InChI is InChI=1S/C24H23BrN6/c25-11-5-4-8-20-13-21(23-24(26)27-16-28-31(20)23)18-9-10-19-15-30(29-22(19)12-18)14-17-6-2-1-3-7-17/h1-3,6-7,9-10,12-13,15-16H,4-5,8,11,14H2,(H2,26,27,28). The number of anilines is 1. The zero-order chi connectivity index (χ0) is 21.2. The Labute approximate surface area is 188 Å². The van der Waals surface area contributed by atoms with Crippen LogP contribution in [0, 0.1) is 0 Å². The van der Waals surface area contributed by atoms with E-state index in [0.29, 0.717) is 5.82 Å². The molecule has 0 saturated carbocycles. The summed E-state index contributed by atoms with van der Waals surface area (Å²) in [7, 11) is 0. The minimum atomic E-state index is 0.492. The average Bonchev–Trinajstić information content (AvgIpc) is 3.36. The van der Waals surface area contributed by atoms with Gasteiger partial charge in [-0.05, 0) is 42.5 Å². The second-order valence-corrected chi connectivity index (χ2v) is 8.48. The van der Waals surface area contributed by atoms with Crippen molar-refractivity contribution in [1.29, 1.82) is 0 Å². The van der Waals surface area contributed by atoms with E-state index in [9.17, 15) is 0 Å². The summed E-state index contributed by atoms with van der Waals surface area (Å²) in [6.45, 7) is 0.749. The van der Waals surface area contributed by atoms with Crippen LogP contribution in [0.1, 0.15) is 24.1 Å². The number of nitrogens with zero attached hydrogens (tertiary/aromatic N) is 5. The molecule has 0 fully saturated rings. The molecule has 0 bridgehead atoms. The van der Waals surface area contributed by atoms with Crippen LogP contribution in [-0.4, -0.2) is 29.7 Å². The normalized spacial score (nSPS) is 11.5. The number of fused-ring (bicyclic) bond motifs is 2. The molecule has 5 rings (SSSR count). The Hall–Kier alpha value is -3.19. The molecule has 0 atom stereocenters. The molecule has 0 amide bonds. The molecule has 2 N–H and O–H groups in total. The molecular weight excluding hydrogens is 452 g/mol. The van der Waals surface area contributed by atoms with Gasteiger partial charge in [-0.25, -0.2) is 9.50 Å². The molecule has 0 radical (unpaired) electrons. The monoisotopic (exact) mass is 474 g/mol. The molecule has 0 unspecified atom stereocenters. The van der Waals surface area contributed by atoms with E-state index in [1.54, 1.807) is 0 Å². The van der Waals surface area contributed by atoms with Crippen molar-refractivity contribution in [3.05, 3.63) is 78.4 Å². The third-order valence-corrected chi connectivity index (χ3v) is 6.09. The Bertz CT molecular complexity index is 1340. The van der Waals surface area contributed by atoms with Crippen LogP contribution >= 0.6 is 15.9 Å². The fourth-order valence-corrected chi connectivity index (χ4v) is 4.41. The van der Waals surface area contributed by atoms with E-state index < -0.39 is 0 Å². The Kier molecular flexibility index (Phi) is 5.42. The Morgan fingerprint density at radius 2 is 1.87 bits per heavy atom. The molecule has 31 heavy (non-hydrogen) atoms. The van der Waals surface area contributed by atoms with Crippen molar-refractivity contribution in [2.24, 2.45) is 0 Å². The summed E-state index contributed by atoms with van der Waals surface area (Å²) in [4.78, 5) is 4.24. The van der Waals surface area contributed by atoms with E-state index in [2.05, 4.69) is 80.7 Å². The van der Waals surface area contributed by atoms with Crippen LogP contribution in [0.25, 0.3) is 27.5 Å². The average molecular weight is 475 g/mol. The predicted octanol–water partition coefficient (Wildman–Crippen LogP) is 5.09. The number of alkyl halides is 1. The Morgan fingerprint density at radius 1 is 1.00 bits per heavy atom.